The summed E-state index contributed by atoms with van der Waals surface area (Å²) in [7, 11) is 1.57. The summed E-state index contributed by atoms with van der Waals surface area (Å²) in [4.78, 5) is 12.8. The second-order valence-corrected chi connectivity index (χ2v) is 4.69. The van der Waals surface area contributed by atoms with Crippen LogP contribution in [-0.2, 0) is 9.53 Å². The largest absolute Gasteiger partial charge is 0.363 e. The molecular weight excluding hydrogens is 208 g/mol. The van der Waals surface area contributed by atoms with Crippen LogP contribution in [0.4, 0.5) is 0 Å². The molecule has 82 valence electrons. The van der Waals surface area contributed by atoms with Gasteiger partial charge in [-0.25, -0.2) is 0 Å². The molecule has 1 aromatic carbocycles. The number of thioether (sulfide) groups is 1. The molecule has 3 heteroatoms. The number of methoxy groups -OCH3 is 1. The minimum Gasteiger partial charge on any atom is -0.363 e. The number of hydrogen-bond acceptors (Lipinski definition) is 3. The molecular formula is C12H16O2S. The van der Waals surface area contributed by atoms with Crippen molar-refractivity contribution in [1.82, 2.24) is 0 Å². The Hall–Kier alpha value is -0.800. The molecule has 0 spiro atoms. The number of carbonyl (C=O) groups excluding carboxylic acids is 1. The van der Waals surface area contributed by atoms with Gasteiger partial charge in [-0.05, 0) is 12.1 Å². The molecule has 1 aromatic rings. The van der Waals surface area contributed by atoms with E-state index >= 15 is 0 Å². The number of hydrogen-bond donors (Lipinski definition) is 0. The molecule has 0 aliphatic heterocycles. The molecule has 0 saturated carbocycles. The van der Waals surface area contributed by atoms with Crippen molar-refractivity contribution in [2.24, 2.45) is 5.92 Å². The smallest absolute Gasteiger partial charge is 0.174 e. The summed E-state index contributed by atoms with van der Waals surface area (Å²) >= 11 is 1.45. The van der Waals surface area contributed by atoms with Crippen LogP contribution in [0.1, 0.15) is 13.8 Å². The van der Waals surface area contributed by atoms with Crippen molar-refractivity contribution in [3.63, 3.8) is 0 Å². The van der Waals surface area contributed by atoms with Crippen LogP contribution in [0.15, 0.2) is 35.2 Å². The van der Waals surface area contributed by atoms with Crippen LogP contribution in [0.25, 0.3) is 0 Å². The Kier molecular flexibility index (Phi) is 4.85. The molecule has 0 fully saturated rings. The molecule has 0 heterocycles. The fourth-order valence-electron chi connectivity index (χ4n) is 1.12. The second kappa shape index (κ2) is 5.93. The molecule has 0 N–H and O–H groups in total. The summed E-state index contributed by atoms with van der Waals surface area (Å²) in [5.74, 6) is 0.137. The lowest BCUT2D eigenvalue weighted by molar-refractivity contribution is -0.127. The quantitative estimate of drug-likeness (QED) is 0.568. The van der Waals surface area contributed by atoms with E-state index in [-0.39, 0.29) is 11.7 Å². The number of Topliss-reactive ketones (excluding diaryl/α,β-unsaturated/α-hetero) is 1. The van der Waals surface area contributed by atoms with Gasteiger partial charge in [-0.1, -0.05) is 43.8 Å². The van der Waals surface area contributed by atoms with Crippen molar-refractivity contribution in [3.05, 3.63) is 30.3 Å². The van der Waals surface area contributed by atoms with Crippen LogP contribution in [0.5, 0.6) is 0 Å². The predicted molar refractivity (Wildman–Crippen MR) is 62.9 cm³/mol. The second-order valence-electron chi connectivity index (χ2n) is 3.56. The molecule has 0 aliphatic carbocycles. The van der Waals surface area contributed by atoms with Crippen molar-refractivity contribution in [2.45, 2.75) is 24.2 Å². The maximum absolute atomic E-state index is 11.7. The Bertz CT molecular complexity index is 309. The van der Waals surface area contributed by atoms with Crippen LogP contribution in [0, 0.1) is 5.92 Å². The van der Waals surface area contributed by atoms with Gasteiger partial charge in [0.25, 0.3) is 0 Å². The van der Waals surface area contributed by atoms with E-state index in [1.54, 1.807) is 7.11 Å². The first-order valence-electron chi connectivity index (χ1n) is 4.93. The van der Waals surface area contributed by atoms with Crippen molar-refractivity contribution in [1.29, 1.82) is 0 Å². The summed E-state index contributed by atoms with van der Waals surface area (Å²) in [5.41, 5.74) is -0.396. The van der Waals surface area contributed by atoms with E-state index in [2.05, 4.69) is 0 Å². The third-order valence-electron chi connectivity index (χ3n) is 2.00. The Morgan fingerprint density at radius 3 is 2.33 bits per heavy atom. The van der Waals surface area contributed by atoms with Gasteiger partial charge < -0.3 is 4.74 Å². The topological polar surface area (TPSA) is 26.3 Å². The average Bonchev–Trinajstić information content (AvgIpc) is 2.26. The third-order valence-corrected chi connectivity index (χ3v) is 3.18. The molecule has 2 nitrogen and oxygen atoms in total. The molecule has 1 rings (SSSR count). The molecule has 1 unspecified atom stereocenters. The van der Waals surface area contributed by atoms with Crippen molar-refractivity contribution >= 4 is 17.5 Å². The lowest BCUT2D eigenvalue weighted by Gasteiger charge is -2.15. The summed E-state index contributed by atoms with van der Waals surface area (Å²) in [6.45, 7) is 3.78. The van der Waals surface area contributed by atoms with E-state index in [0.717, 1.165) is 4.90 Å². The van der Waals surface area contributed by atoms with E-state index < -0.39 is 5.44 Å². The van der Waals surface area contributed by atoms with E-state index in [4.69, 9.17) is 4.74 Å². The monoisotopic (exact) mass is 224 g/mol. The molecule has 1 atom stereocenters. The Morgan fingerprint density at radius 2 is 1.87 bits per heavy atom. The van der Waals surface area contributed by atoms with Gasteiger partial charge in [-0.2, -0.15) is 0 Å². The third kappa shape index (κ3) is 3.68. The van der Waals surface area contributed by atoms with Crippen molar-refractivity contribution < 1.29 is 9.53 Å². The highest BCUT2D eigenvalue weighted by molar-refractivity contribution is 8.00. The first-order chi connectivity index (χ1) is 7.15. The molecule has 0 aliphatic rings. The average molecular weight is 224 g/mol. The number of rotatable bonds is 5. The summed E-state index contributed by atoms with van der Waals surface area (Å²) in [5, 5.41) is 0. The standard InChI is InChI=1S/C12H16O2S/c1-9(2)11(13)12(14-3)15-10-7-5-4-6-8-10/h4-9,12H,1-3H3. The lowest BCUT2D eigenvalue weighted by Crippen LogP contribution is -2.23. The van der Waals surface area contributed by atoms with Gasteiger partial charge in [-0.3, -0.25) is 4.79 Å². The maximum atomic E-state index is 11.7. The van der Waals surface area contributed by atoms with Gasteiger partial charge in [0.2, 0.25) is 0 Å². The molecule has 0 bridgehead atoms. The molecule has 0 aromatic heterocycles. The Labute approximate surface area is 95.0 Å². The number of ketones is 1. The van der Waals surface area contributed by atoms with Crippen LogP contribution < -0.4 is 0 Å². The van der Waals surface area contributed by atoms with E-state index in [0.29, 0.717) is 0 Å². The van der Waals surface area contributed by atoms with Crippen LogP contribution in [-0.4, -0.2) is 18.3 Å². The highest BCUT2D eigenvalue weighted by Gasteiger charge is 2.21. The fraction of sp³-hybridized carbons (Fsp3) is 0.417. The van der Waals surface area contributed by atoms with E-state index in [9.17, 15) is 4.79 Å². The van der Waals surface area contributed by atoms with Crippen molar-refractivity contribution in [2.75, 3.05) is 7.11 Å². The SMILES string of the molecule is COC(Sc1ccccc1)C(=O)C(C)C. The fourth-order valence-corrected chi connectivity index (χ4v) is 2.16. The lowest BCUT2D eigenvalue weighted by atomic mass is 10.1. The first kappa shape index (κ1) is 12.3. The normalized spacial score (nSPS) is 12.8. The minimum atomic E-state index is -0.396. The Balaban J connectivity index is 2.66. The zero-order valence-electron chi connectivity index (χ0n) is 9.27. The highest BCUT2D eigenvalue weighted by Crippen LogP contribution is 2.25. The number of ether oxygens (including phenoxy) is 1. The van der Waals surface area contributed by atoms with Crippen LogP contribution in [0.3, 0.4) is 0 Å². The van der Waals surface area contributed by atoms with Crippen LogP contribution in [0.2, 0.25) is 0 Å². The van der Waals surface area contributed by atoms with E-state index in [1.807, 2.05) is 44.2 Å². The van der Waals surface area contributed by atoms with Gasteiger partial charge in [-0.15, -0.1) is 0 Å². The van der Waals surface area contributed by atoms with E-state index in [1.165, 1.54) is 11.8 Å². The maximum Gasteiger partial charge on any atom is 0.174 e. The summed E-state index contributed by atoms with van der Waals surface area (Å²) < 4.78 is 5.19. The molecule has 0 radical (unpaired) electrons. The molecule has 0 saturated heterocycles. The van der Waals surface area contributed by atoms with Gasteiger partial charge in [0, 0.05) is 17.9 Å². The zero-order valence-corrected chi connectivity index (χ0v) is 10.1. The van der Waals surface area contributed by atoms with Gasteiger partial charge >= 0.3 is 0 Å². The number of carbonyl (C=O) groups is 1. The summed E-state index contributed by atoms with van der Waals surface area (Å²) in [6, 6.07) is 9.81. The number of benzene rings is 1. The molecule has 15 heavy (non-hydrogen) atoms. The first-order valence-corrected chi connectivity index (χ1v) is 5.81. The summed E-state index contributed by atoms with van der Waals surface area (Å²) in [6.07, 6.45) is 0. The predicted octanol–water partition coefficient (Wildman–Crippen LogP) is 2.98. The van der Waals surface area contributed by atoms with Gasteiger partial charge in [0.05, 0.1) is 0 Å². The zero-order chi connectivity index (χ0) is 11.3. The highest BCUT2D eigenvalue weighted by atomic mass is 32.2. The van der Waals surface area contributed by atoms with Crippen LogP contribution >= 0.6 is 11.8 Å². The Morgan fingerprint density at radius 1 is 1.27 bits per heavy atom. The van der Waals surface area contributed by atoms with Gasteiger partial charge in [0.15, 0.2) is 11.2 Å². The minimum absolute atomic E-state index is 0.00571. The van der Waals surface area contributed by atoms with Gasteiger partial charge in [0.1, 0.15) is 0 Å². The molecule has 0 amide bonds. The van der Waals surface area contributed by atoms with Crippen molar-refractivity contribution in [3.8, 4) is 0 Å².